The largest absolute Gasteiger partial charge is 0.393 e. The fraction of sp³-hybridized carbons (Fsp3) is 0.778. The molecule has 0 aliphatic heterocycles. The molecule has 0 amide bonds. The lowest BCUT2D eigenvalue weighted by atomic mass is 10.2. The molecule has 1 nitrogen and oxygen atoms in total. The van der Waals surface area contributed by atoms with E-state index in [0.29, 0.717) is 0 Å². The Morgan fingerprint density at radius 1 is 1.55 bits per heavy atom. The Hall–Kier alpha value is -0.0831. The van der Waals surface area contributed by atoms with Crippen LogP contribution < -0.4 is 0 Å². The van der Waals surface area contributed by atoms with Gasteiger partial charge in [0, 0.05) is 5.04 Å². The molecule has 0 bridgehead atoms. The van der Waals surface area contributed by atoms with Crippen molar-refractivity contribution in [2.24, 2.45) is 0 Å². The molecule has 1 fully saturated rings. The van der Waals surface area contributed by atoms with Gasteiger partial charge in [-0.15, -0.1) is 0 Å². The van der Waals surface area contributed by atoms with Crippen LogP contribution in [-0.4, -0.2) is 19.3 Å². The Bertz CT molecular complexity index is 190. The summed E-state index contributed by atoms with van der Waals surface area (Å²) < 4.78 is 0. The Balaban J connectivity index is 2.89. The second-order valence-corrected chi connectivity index (χ2v) is 10.1. The molecule has 1 aliphatic rings. The third-order valence-electron chi connectivity index (χ3n) is 3.05. The van der Waals surface area contributed by atoms with Gasteiger partial charge < -0.3 is 5.11 Å². The van der Waals surface area contributed by atoms with Gasteiger partial charge in [-0.25, -0.2) is 0 Å². The quantitative estimate of drug-likeness (QED) is 0.498. The lowest BCUT2D eigenvalue weighted by molar-refractivity contribution is 0.179. The van der Waals surface area contributed by atoms with Gasteiger partial charge in [0.25, 0.3) is 0 Å². The van der Waals surface area contributed by atoms with Gasteiger partial charge >= 0.3 is 0 Å². The van der Waals surface area contributed by atoms with Crippen LogP contribution in [0.3, 0.4) is 0 Å². The topological polar surface area (TPSA) is 20.2 Å². The van der Waals surface area contributed by atoms with Crippen LogP contribution >= 0.6 is 0 Å². The van der Waals surface area contributed by atoms with Gasteiger partial charge in [-0.1, -0.05) is 31.8 Å². The number of rotatable bonds is 2. The van der Waals surface area contributed by atoms with Crippen molar-refractivity contribution in [3.8, 4) is 0 Å². The van der Waals surface area contributed by atoms with E-state index in [2.05, 4.69) is 26.2 Å². The molecule has 0 spiro atoms. The van der Waals surface area contributed by atoms with Crippen molar-refractivity contribution in [3.63, 3.8) is 0 Å². The first-order valence-electron chi connectivity index (χ1n) is 4.18. The molecule has 2 atom stereocenters. The van der Waals surface area contributed by atoms with Gasteiger partial charge in [0.05, 0.1) is 14.2 Å². The third kappa shape index (κ3) is 1.09. The highest BCUT2D eigenvalue weighted by Crippen LogP contribution is 2.66. The van der Waals surface area contributed by atoms with Gasteiger partial charge in [-0.05, 0) is 13.3 Å². The van der Waals surface area contributed by atoms with E-state index in [1.165, 1.54) is 5.57 Å². The number of aliphatic hydroxyl groups is 1. The summed E-state index contributed by atoms with van der Waals surface area (Å²) in [5.41, 5.74) is 1.27. The summed E-state index contributed by atoms with van der Waals surface area (Å²) in [7, 11) is -1.25. The first kappa shape index (κ1) is 9.01. The molecule has 0 aromatic rings. The average Bonchev–Trinajstić information content (AvgIpc) is 2.39. The van der Waals surface area contributed by atoms with Crippen molar-refractivity contribution in [2.45, 2.75) is 44.1 Å². The van der Waals surface area contributed by atoms with E-state index in [-0.39, 0.29) is 11.1 Å². The second kappa shape index (κ2) is 2.20. The average molecular weight is 170 g/mol. The van der Waals surface area contributed by atoms with Crippen molar-refractivity contribution < 1.29 is 5.11 Å². The Labute approximate surface area is 70.1 Å². The lowest BCUT2D eigenvalue weighted by Crippen LogP contribution is -2.37. The van der Waals surface area contributed by atoms with Gasteiger partial charge in [0.2, 0.25) is 0 Å². The summed E-state index contributed by atoms with van der Waals surface area (Å²) in [6.45, 7) is 12.8. The van der Waals surface area contributed by atoms with Crippen molar-refractivity contribution in [1.82, 2.24) is 0 Å². The SMILES string of the molecule is C=C1CC1(C(C)O)[Si](C)(C)C. The van der Waals surface area contributed by atoms with Crippen LogP contribution in [0.2, 0.25) is 24.7 Å². The summed E-state index contributed by atoms with van der Waals surface area (Å²) >= 11 is 0. The third-order valence-corrected chi connectivity index (χ3v) is 6.67. The monoisotopic (exact) mass is 170 g/mol. The maximum absolute atomic E-state index is 9.62. The molecule has 1 aliphatic carbocycles. The zero-order valence-corrected chi connectivity index (χ0v) is 8.94. The molecule has 2 unspecified atom stereocenters. The molecular formula is C9H18OSi. The molecule has 1 rings (SSSR count). The van der Waals surface area contributed by atoms with E-state index < -0.39 is 8.07 Å². The predicted octanol–water partition coefficient (Wildman–Crippen LogP) is 2.41. The van der Waals surface area contributed by atoms with Crippen LogP contribution in [0.25, 0.3) is 0 Å². The van der Waals surface area contributed by atoms with E-state index in [9.17, 15) is 5.11 Å². The van der Waals surface area contributed by atoms with Crippen LogP contribution in [-0.2, 0) is 0 Å². The second-order valence-electron chi connectivity index (χ2n) is 4.68. The van der Waals surface area contributed by atoms with Crippen molar-refractivity contribution in [3.05, 3.63) is 12.2 Å². The standard InChI is InChI=1S/C9H18OSi/c1-7-6-9(7,8(2)10)11(3,4)5/h8,10H,1,6H2,2-5H3. The van der Waals surface area contributed by atoms with E-state index in [4.69, 9.17) is 0 Å². The highest BCUT2D eigenvalue weighted by atomic mass is 28.3. The molecule has 0 heterocycles. The maximum atomic E-state index is 9.62. The van der Waals surface area contributed by atoms with Crippen LogP contribution in [0.15, 0.2) is 12.2 Å². The summed E-state index contributed by atoms with van der Waals surface area (Å²) in [6, 6.07) is 0. The Morgan fingerprint density at radius 2 is 1.91 bits per heavy atom. The number of hydrogen-bond donors (Lipinski definition) is 1. The van der Waals surface area contributed by atoms with E-state index in [0.717, 1.165) is 6.42 Å². The molecule has 11 heavy (non-hydrogen) atoms. The van der Waals surface area contributed by atoms with Gasteiger partial charge in [-0.3, -0.25) is 0 Å². The molecule has 1 N–H and O–H groups in total. The fourth-order valence-corrected chi connectivity index (χ4v) is 5.22. The summed E-state index contributed by atoms with van der Waals surface area (Å²) in [6.07, 6.45) is 0.863. The highest BCUT2D eigenvalue weighted by molar-refractivity contribution is 6.81. The minimum atomic E-state index is -1.25. The summed E-state index contributed by atoms with van der Waals surface area (Å²) in [4.78, 5) is 0. The van der Waals surface area contributed by atoms with Gasteiger partial charge in [0.15, 0.2) is 0 Å². The van der Waals surface area contributed by atoms with E-state index in [1.54, 1.807) is 0 Å². The predicted molar refractivity (Wildman–Crippen MR) is 51.5 cm³/mol. The van der Waals surface area contributed by atoms with E-state index >= 15 is 0 Å². The zero-order valence-electron chi connectivity index (χ0n) is 7.94. The van der Waals surface area contributed by atoms with Crippen LogP contribution in [0.4, 0.5) is 0 Å². The lowest BCUT2D eigenvalue weighted by Gasteiger charge is -2.31. The van der Waals surface area contributed by atoms with Gasteiger partial charge in [0.1, 0.15) is 0 Å². The first-order valence-corrected chi connectivity index (χ1v) is 7.68. The van der Waals surface area contributed by atoms with E-state index in [1.807, 2.05) is 6.92 Å². The van der Waals surface area contributed by atoms with Crippen molar-refractivity contribution in [1.29, 1.82) is 0 Å². The molecule has 0 aromatic heterocycles. The minimum absolute atomic E-state index is 0.146. The van der Waals surface area contributed by atoms with Crippen molar-refractivity contribution >= 4 is 8.07 Å². The Morgan fingerprint density at radius 3 is 1.91 bits per heavy atom. The number of aliphatic hydroxyl groups excluding tert-OH is 1. The molecule has 0 radical (unpaired) electrons. The van der Waals surface area contributed by atoms with Crippen LogP contribution in [0.5, 0.6) is 0 Å². The Kier molecular flexibility index (Phi) is 1.80. The smallest absolute Gasteiger partial charge is 0.0589 e. The summed E-state index contributed by atoms with van der Waals surface area (Å²) in [5.74, 6) is 0. The molecule has 2 heteroatoms. The molecule has 0 aromatic carbocycles. The highest BCUT2D eigenvalue weighted by Gasteiger charge is 2.59. The molecular weight excluding hydrogens is 152 g/mol. The fourth-order valence-electron chi connectivity index (χ4n) is 2.16. The first-order chi connectivity index (χ1) is 4.82. The maximum Gasteiger partial charge on any atom is 0.0589 e. The van der Waals surface area contributed by atoms with Crippen LogP contribution in [0.1, 0.15) is 13.3 Å². The normalized spacial score (nSPS) is 33.7. The summed E-state index contributed by atoms with van der Waals surface area (Å²) in [5, 5.41) is 9.77. The number of hydrogen-bond acceptors (Lipinski definition) is 1. The van der Waals surface area contributed by atoms with Crippen LogP contribution in [0, 0.1) is 0 Å². The van der Waals surface area contributed by atoms with Gasteiger partial charge in [-0.2, -0.15) is 0 Å². The molecule has 64 valence electrons. The molecule has 0 saturated heterocycles. The zero-order chi connectivity index (χ0) is 8.86. The molecule has 1 saturated carbocycles. The minimum Gasteiger partial charge on any atom is -0.393 e. The van der Waals surface area contributed by atoms with Crippen molar-refractivity contribution in [2.75, 3.05) is 0 Å².